The predicted molar refractivity (Wildman–Crippen MR) is 108 cm³/mol. The van der Waals surface area contributed by atoms with E-state index in [1.807, 2.05) is 39.8 Å². The van der Waals surface area contributed by atoms with Crippen molar-refractivity contribution in [3.05, 3.63) is 57.6 Å². The van der Waals surface area contributed by atoms with Crippen LogP contribution in [-0.2, 0) is 14.8 Å². The second-order valence-corrected chi connectivity index (χ2v) is 8.84. The second kappa shape index (κ2) is 7.68. The highest BCUT2D eigenvalue weighted by Crippen LogP contribution is 2.28. The van der Waals surface area contributed by atoms with E-state index in [0.29, 0.717) is 16.4 Å². The van der Waals surface area contributed by atoms with Crippen molar-refractivity contribution in [3.63, 3.8) is 0 Å². The molecule has 0 aromatic heterocycles. The van der Waals surface area contributed by atoms with Crippen LogP contribution in [0, 0.1) is 27.7 Å². The Balaban J connectivity index is 2.32. The van der Waals surface area contributed by atoms with Gasteiger partial charge in [-0.05, 0) is 56.5 Å². The Morgan fingerprint density at radius 3 is 2.12 bits per heavy atom. The van der Waals surface area contributed by atoms with E-state index in [1.54, 1.807) is 18.2 Å². The molecule has 5 nitrogen and oxygen atoms in total. The van der Waals surface area contributed by atoms with Crippen LogP contribution in [-0.4, -0.2) is 27.1 Å². The van der Waals surface area contributed by atoms with E-state index in [1.165, 1.54) is 0 Å². The first-order chi connectivity index (χ1) is 12.0. The molecule has 0 aliphatic heterocycles. The highest BCUT2D eigenvalue weighted by Gasteiger charge is 2.24. The minimum absolute atomic E-state index is 0.310. The first-order valence-corrected chi connectivity index (χ1v) is 10.3. The van der Waals surface area contributed by atoms with Crippen LogP contribution in [0.4, 0.5) is 11.4 Å². The van der Waals surface area contributed by atoms with Crippen molar-refractivity contribution in [1.29, 1.82) is 0 Å². The monoisotopic (exact) mass is 394 g/mol. The van der Waals surface area contributed by atoms with E-state index >= 15 is 0 Å². The van der Waals surface area contributed by atoms with E-state index in [9.17, 15) is 13.2 Å². The molecule has 7 heteroatoms. The van der Waals surface area contributed by atoms with Crippen molar-refractivity contribution in [2.45, 2.75) is 27.7 Å². The number of nitrogens with zero attached hydrogens (tertiary/aromatic N) is 1. The van der Waals surface area contributed by atoms with Crippen LogP contribution in [0.3, 0.4) is 0 Å². The van der Waals surface area contributed by atoms with Gasteiger partial charge in [0.25, 0.3) is 0 Å². The van der Waals surface area contributed by atoms with Crippen molar-refractivity contribution >= 4 is 38.9 Å². The van der Waals surface area contributed by atoms with Crippen molar-refractivity contribution < 1.29 is 13.2 Å². The fourth-order valence-corrected chi connectivity index (χ4v) is 4.08. The van der Waals surface area contributed by atoms with Gasteiger partial charge >= 0.3 is 0 Å². The van der Waals surface area contributed by atoms with E-state index in [2.05, 4.69) is 5.32 Å². The largest absolute Gasteiger partial charge is 0.324 e. The lowest BCUT2D eigenvalue weighted by Crippen LogP contribution is -2.38. The Morgan fingerprint density at radius 2 is 1.62 bits per heavy atom. The van der Waals surface area contributed by atoms with Crippen LogP contribution in [0.15, 0.2) is 30.3 Å². The predicted octanol–water partition coefficient (Wildman–Crippen LogP) is 3.98. The third kappa shape index (κ3) is 4.77. The highest BCUT2D eigenvalue weighted by atomic mass is 35.5. The number of aryl methyl sites for hydroxylation is 4. The summed E-state index contributed by atoms with van der Waals surface area (Å²) in [5.41, 5.74) is 4.61. The maximum atomic E-state index is 12.5. The summed E-state index contributed by atoms with van der Waals surface area (Å²) in [7, 11) is -3.63. The topological polar surface area (TPSA) is 66.5 Å². The molecule has 0 fully saturated rings. The molecule has 0 spiro atoms. The molecular weight excluding hydrogens is 372 g/mol. The number of hydrogen-bond acceptors (Lipinski definition) is 3. The molecule has 2 aromatic rings. The summed E-state index contributed by atoms with van der Waals surface area (Å²) in [6.45, 7) is 7.18. The van der Waals surface area contributed by atoms with Gasteiger partial charge in [0, 0.05) is 10.7 Å². The Morgan fingerprint density at radius 1 is 1.04 bits per heavy atom. The highest BCUT2D eigenvalue weighted by molar-refractivity contribution is 7.92. The Kier molecular flexibility index (Phi) is 5.98. The number of anilines is 2. The number of rotatable bonds is 5. The number of halogens is 1. The molecule has 0 atom stereocenters. The third-order valence-electron chi connectivity index (χ3n) is 4.03. The Labute approximate surface area is 160 Å². The molecule has 0 bridgehead atoms. The Bertz CT molecular complexity index is 932. The molecular formula is C19H23ClN2O3S. The van der Waals surface area contributed by atoms with E-state index < -0.39 is 15.9 Å². The molecule has 0 saturated carbocycles. The summed E-state index contributed by atoms with van der Waals surface area (Å²) in [5, 5.41) is 3.24. The lowest BCUT2D eigenvalue weighted by Gasteiger charge is -2.26. The molecule has 0 radical (unpaired) electrons. The summed E-state index contributed by atoms with van der Waals surface area (Å²) < 4.78 is 25.8. The molecule has 0 aliphatic carbocycles. The summed E-state index contributed by atoms with van der Waals surface area (Å²) >= 11 is 6.07. The zero-order valence-corrected chi connectivity index (χ0v) is 17.1. The zero-order valence-electron chi connectivity index (χ0n) is 15.6. The van der Waals surface area contributed by atoms with E-state index in [4.69, 9.17) is 11.6 Å². The summed E-state index contributed by atoms with van der Waals surface area (Å²) in [4.78, 5) is 12.5. The fourth-order valence-electron chi connectivity index (χ4n) is 2.93. The van der Waals surface area contributed by atoms with Crippen molar-refractivity contribution in [3.8, 4) is 0 Å². The SMILES string of the molecule is Cc1cc(C)c(N(CC(=O)Nc2ccc(C)c(Cl)c2)S(C)(=O)=O)c(C)c1. The second-order valence-electron chi connectivity index (χ2n) is 6.53. The minimum atomic E-state index is -3.63. The maximum absolute atomic E-state index is 12.5. The van der Waals surface area contributed by atoms with Crippen LogP contribution in [0.25, 0.3) is 0 Å². The van der Waals surface area contributed by atoms with Gasteiger partial charge in [-0.15, -0.1) is 0 Å². The number of carbonyl (C=O) groups is 1. The standard InChI is InChI=1S/C19H23ClN2O3S/c1-12-8-14(3)19(15(4)9-12)22(26(5,24)25)11-18(23)21-16-7-6-13(2)17(20)10-16/h6-10H,11H2,1-5H3,(H,21,23). The smallest absolute Gasteiger partial charge is 0.245 e. The van der Waals surface area contributed by atoms with Gasteiger partial charge in [-0.1, -0.05) is 35.4 Å². The molecule has 2 aromatic carbocycles. The molecule has 0 unspecified atom stereocenters. The van der Waals surface area contributed by atoms with Crippen LogP contribution in [0.5, 0.6) is 0 Å². The van der Waals surface area contributed by atoms with E-state index in [0.717, 1.165) is 32.8 Å². The van der Waals surface area contributed by atoms with Gasteiger partial charge in [-0.3, -0.25) is 9.10 Å². The van der Waals surface area contributed by atoms with Gasteiger partial charge in [0.05, 0.1) is 11.9 Å². The lowest BCUT2D eigenvalue weighted by atomic mass is 10.1. The minimum Gasteiger partial charge on any atom is -0.324 e. The maximum Gasteiger partial charge on any atom is 0.245 e. The molecule has 1 amide bonds. The number of nitrogens with one attached hydrogen (secondary N) is 1. The number of amides is 1. The van der Waals surface area contributed by atoms with Crippen LogP contribution < -0.4 is 9.62 Å². The summed E-state index contributed by atoms with van der Waals surface area (Å²) in [5.74, 6) is -0.435. The number of sulfonamides is 1. The lowest BCUT2D eigenvalue weighted by molar-refractivity contribution is -0.114. The van der Waals surface area contributed by atoms with Gasteiger partial charge in [-0.2, -0.15) is 0 Å². The molecule has 0 saturated heterocycles. The Hall–Kier alpha value is -2.05. The fraction of sp³-hybridized carbons (Fsp3) is 0.316. The first-order valence-electron chi connectivity index (χ1n) is 8.10. The number of carbonyl (C=O) groups excluding carboxylic acids is 1. The van der Waals surface area contributed by atoms with Gasteiger partial charge < -0.3 is 5.32 Å². The molecule has 1 N–H and O–H groups in total. The average Bonchev–Trinajstić information content (AvgIpc) is 2.48. The van der Waals surface area contributed by atoms with E-state index in [-0.39, 0.29) is 6.54 Å². The zero-order chi connectivity index (χ0) is 19.6. The molecule has 0 aliphatic rings. The normalized spacial score (nSPS) is 11.3. The van der Waals surface area contributed by atoms with Crippen molar-refractivity contribution in [1.82, 2.24) is 0 Å². The van der Waals surface area contributed by atoms with Gasteiger partial charge in [0.15, 0.2) is 0 Å². The molecule has 140 valence electrons. The van der Waals surface area contributed by atoms with Gasteiger partial charge in [-0.25, -0.2) is 8.42 Å². The molecule has 26 heavy (non-hydrogen) atoms. The van der Waals surface area contributed by atoms with Gasteiger partial charge in [0.2, 0.25) is 15.9 Å². The molecule has 0 heterocycles. The number of benzene rings is 2. The average molecular weight is 395 g/mol. The third-order valence-corrected chi connectivity index (χ3v) is 5.55. The summed E-state index contributed by atoms with van der Waals surface area (Å²) in [6.07, 6.45) is 1.10. The van der Waals surface area contributed by atoms with Crippen LogP contribution in [0.2, 0.25) is 5.02 Å². The van der Waals surface area contributed by atoms with Crippen molar-refractivity contribution in [2.24, 2.45) is 0 Å². The number of hydrogen-bond donors (Lipinski definition) is 1. The van der Waals surface area contributed by atoms with Crippen molar-refractivity contribution in [2.75, 3.05) is 22.4 Å². The van der Waals surface area contributed by atoms with Crippen LogP contribution >= 0.6 is 11.6 Å². The molecule has 2 rings (SSSR count). The van der Waals surface area contributed by atoms with Crippen LogP contribution in [0.1, 0.15) is 22.3 Å². The summed E-state index contributed by atoms with van der Waals surface area (Å²) in [6, 6.07) is 8.96. The van der Waals surface area contributed by atoms with Gasteiger partial charge in [0.1, 0.15) is 6.54 Å². The first kappa shape index (κ1) is 20.3. The quantitative estimate of drug-likeness (QED) is 0.834.